The Bertz CT molecular complexity index is 405. The molecular weight excluding hydrogens is 218 g/mol. The molecule has 1 heterocycles. The van der Waals surface area contributed by atoms with Crippen LogP contribution in [0.3, 0.4) is 0 Å². The zero-order valence-electron chi connectivity index (χ0n) is 10.2. The Morgan fingerprint density at radius 1 is 1.47 bits per heavy atom. The summed E-state index contributed by atoms with van der Waals surface area (Å²) in [4.78, 5) is 13.6. The molecule has 1 unspecified atom stereocenters. The standard InChI is InChI=1S/C13H17NO3/c1-3-17-13(15)14-11-7-5-4-6-10(11)8-9-12(14)16-2/h4-7,12H,3,8-9H2,1-2H3. The van der Waals surface area contributed by atoms with Gasteiger partial charge >= 0.3 is 6.09 Å². The third kappa shape index (κ3) is 2.26. The summed E-state index contributed by atoms with van der Waals surface area (Å²) < 4.78 is 10.4. The number of para-hydroxylation sites is 1. The van der Waals surface area contributed by atoms with Gasteiger partial charge in [-0.1, -0.05) is 18.2 Å². The van der Waals surface area contributed by atoms with Crippen molar-refractivity contribution in [1.82, 2.24) is 0 Å². The molecule has 1 aliphatic rings. The maximum absolute atomic E-state index is 12.0. The fourth-order valence-corrected chi connectivity index (χ4v) is 2.15. The van der Waals surface area contributed by atoms with Gasteiger partial charge in [-0.05, 0) is 31.4 Å². The molecule has 4 heteroatoms. The summed E-state index contributed by atoms with van der Waals surface area (Å²) in [6, 6.07) is 7.86. The summed E-state index contributed by atoms with van der Waals surface area (Å²) in [6.07, 6.45) is 1.15. The number of aryl methyl sites for hydroxylation is 1. The number of anilines is 1. The first-order valence-electron chi connectivity index (χ1n) is 5.84. The second-order valence-corrected chi connectivity index (χ2v) is 3.93. The van der Waals surface area contributed by atoms with Gasteiger partial charge < -0.3 is 9.47 Å². The van der Waals surface area contributed by atoms with Crippen LogP contribution in [0.1, 0.15) is 18.9 Å². The number of methoxy groups -OCH3 is 1. The molecule has 0 saturated heterocycles. The number of carbonyl (C=O) groups excluding carboxylic acids is 1. The summed E-state index contributed by atoms with van der Waals surface area (Å²) in [7, 11) is 1.62. The second-order valence-electron chi connectivity index (χ2n) is 3.93. The van der Waals surface area contributed by atoms with Gasteiger partial charge in [-0.15, -0.1) is 0 Å². The number of hydrogen-bond acceptors (Lipinski definition) is 3. The van der Waals surface area contributed by atoms with Crippen LogP contribution in [0.15, 0.2) is 24.3 Å². The molecule has 1 aromatic carbocycles. The van der Waals surface area contributed by atoms with Gasteiger partial charge in [0.15, 0.2) is 0 Å². The van der Waals surface area contributed by atoms with Crippen molar-refractivity contribution in [2.24, 2.45) is 0 Å². The first-order valence-corrected chi connectivity index (χ1v) is 5.84. The third-order valence-corrected chi connectivity index (χ3v) is 2.94. The van der Waals surface area contributed by atoms with Crippen molar-refractivity contribution >= 4 is 11.8 Å². The molecule has 17 heavy (non-hydrogen) atoms. The fraction of sp³-hybridized carbons (Fsp3) is 0.462. The van der Waals surface area contributed by atoms with Crippen molar-refractivity contribution in [3.05, 3.63) is 29.8 Å². The highest BCUT2D eigenvalue weighted by Crippen LogP contribution is 2.31. The molecule has 0 aliphatic carbocycles. The summed E-state index contributed by atoms with van der Waals surface area (Å²) in [5.74, 6) is 0. The number of fused-ring (bicyclic) bond motifs is 1. The van der Waals surface area contributed by atoms with E-state index >= 15 is 0 Å². The van der Waals surface area contributed by atoms with E-state index in [9.17, 15) is 4.79 Å². The second kappa shape index (κ2) is 5.19. The normalized spacial score (nSPS) is 18.7. The number of ether oxygens (including phenoxy) is 2. The first-order chi connectivity index (χ1) is 8.27. The molecule has 2 rings (SSSR count). The molecule has 0 bridgehead atoms. The summed E-state index contributed by atoms with van der Waals surface area (Å²) >= 11 is 0. The Balaban J connectivity index is 2.34. The van der Waals surface area contributed by atoms with Crippen molar-refractivity contribution in [1.29, 1.82) is 0 Å². The highest BCUT2D eigenvalue weighted by Gasteiger charge is 2.31. The van der Waals surface area contributed by atoms with Gasteiger partial charge in [0.1, 0.15) is 6.23 Å². The lowest BCUT2D eigenvalue weighted by atomic mass is 10.0. The van der Waals surface area contributed by atoms with E-state index in [1.807, 2.05) is 24.3 Å². The van der Waals surface area contributed by atoms with Crippen LogP contribution in [0.25, 0.3) is 0 Å². The summed E-state index contributed by atoms with van der Waals surface area (Å²) in [5, 5.41) is 0. The SMILES string of the molecule is CCOC(=O)N1c2ccccc2CCC1OC. The fourth-order valence-electron chi connectivity index (χ4n) is 2.15. The molecule has 1 atom stereocenters. The van der Waals surface area contributed by atoms with Gasteiger partial charge in [0, 0.05) is 7.11 Å². The number of carbonyl (C=O) groups is 1. The highest BCUT2D eigenvalue weighted by molar-refractivity contribution is 5.89. The Hall–Kier alpha value is -1.55. The van der Waals surface area contributed by atoms with E-state index in [1.165, 1.54) is 0 Å². The molecule has 0 spiro atoms. The zero-order valence-corrected chi connectivity index (χ0v) is 10.2. The molecule has 1 aliphatic heterocycles. The van der Waals surface area contributed by atoms with Crippen LogP contribution in [-0.4, -0.2) is 26.0 Å². The molecule has 0 saturated carbocycles. The zero-order chi connectivity index (χ0) is 12.3. The Morgan fingerprint density at radius 3 is 2.94 bits per heavy atom. The largest absolute Gasteiger partial charge is 0.449 e. The molecule has 0 N–H and O–H groups in total. The van der Waals surface area contributed by atoms with Gasteiger partial charge in [-0.25, -0.2) is 4.79 Å². The molecular formula is C13H17NO3. The molecule has 0 aromatic heterocycles. The van der Waals surface area contributed by atoms with Crippen LogP contribution in [0.2, 0.25) is 0 Å². The average Bonchev–Trinajstić information content (AvgIpc) is 2.37. The first kappa shape index (κ1) is 11.9. The Kier molecular flexibility index (Phi) is 3.64. The van der Waals surface area contributed by atoms with Gasteiger partial charge in [0.05, 0.1) is 12.3 Å². The van der Waals surface area contributed by atoms with Crippen LogP contribution >= 0.6 is 0 Å². The predicted molar refractivity (Wildman–Crippen MR) is 65.1 cm³/mol. The number of rotatable bonds is 2. The molecule has 1 aromatic rings. The van der Waals surface area contributed by atoms with Crippen molar-refractivity contribution in [3.63, 3.8) is 0 Å². The molecule has 92 valence electrons. The number of nitrogens with zero attached hydrogens (tertiary/aromatic N) is 1. The van der Waals surface area contributed by atoms with Crippen LogP contribution in [0.4, 0.5) is 10.5 Å². The quantitative estimate of drug-likeness (QED) is 0.790. The maximum Gasteiger partial charge on any atom is 0.416 e. The summed E-state index contributed by atoms with van der Waals surface area (Å²) in [6.45, 7) is 2.17. The van der Waals surface area contributed by atoms with Crippen LogP contribution in [0, 0.1) is 0 Å². The summed E-state index contributed by atoms with van der Waals surface area (Å²) in [5.41, 5.74) is 2.05. The van der Waals surface area contributed by atoms with Crippen LogP contribution in [0.5, 0.6) is 0 Å². The number of amides is 1. The smallest absolute Gasteiger partial charge is 0.416 e. The van der Waals surface area contributed by atoms with Crippen molar-refractivity contribution in [2.45, 2.75) is 26.0 Å². The molecule has 0 radical (unpaired) electrons. The minimum Gasteiger partial charge on any atom is -0.449 e. The predicted octanol–water partition coefficient (Wildman–Crippen LogP) is 2.57. The Morgan fingerprint density at radius 2 is 2.24 bits per heavy atom. The minimum atomic E-state index is -0.341. The highest BCUT2D eigenvalue weighted by atomic mass is 16.6. The van der Waals surface area contributed by atoms with Crippen molar-refractivity contribution in [2.75, 3.05) is 18.6 Å². The van der Waals surface area contributed by atoms with E-state index in [4.69, 9.17) is 9.47 Å². The number of hydrogen-bond donors (Lipinski definition) is 0. The van der Waals surface area contributed by atoms with Gasteiger partial charge in [0.2, 0.25) is 0 Å². The van der Waals surface area contributed by atoms with E-state index in [0.29, 0.717) is 6.61 Å². The topological polar surface area (TPSA) is 38.8 Å². The average molecular weight is 235 g/mol. The van der Waals surface area contributed by atoms with Gasteiger partial charge in [0.25, 0.3) is 0 Å². The third-order valence-electron chi connectivity index (χ3n) is 2.94. The van der Waals surface area contributed by atoms with Crippen molar-refractivity contribution in [3.8, 4) is 0 Å². The monoisotopic (exact) mass is 235 g/mol. The van der Waals surface area contributed by atoms with E-state index in [1.54, 1.807) is 18.9 Å². The number of benzene rings is 1. The van der Waals surface area contributed by atoms with Crippen LogP contribution in [-0.2, 0) is 15.9 Å². The minimum absolute atomic E-state index is 0.232. The lowest BCUT2D eigenvalue weighted by Crippen LogP contribution is -2.45. The molecule has 0 fully saturated rings. The maximum atomic E-state index is 12.0. The van der Waals surface area contributed by atoms with E-state index in [0.717, 1.165) is 24.1 Å². The molecule has 1 amide bonds. The lowest BCUT2D eigenvalue weighted by molar-refractivity contribution is 0.0771. The lowest BCUT2D eigenvalue weighted by Gasteiger charge is -2.35. The van der Waals surface area contributed by atoms with E-state index in [2.05, 4.69) is 0 Å². The van der Waals surface area contributed by atoms with Gasteiger partial charge in [-0.2, -0.15) is 0 Å². The van der Waals surface area contributed by atoms with Crippen LogP contribution < -0.4 is 4.90 Å². The molecule has 4 nitrogen and oxygen atoms in total. The Labute approximate surface area is 101 Å². The van der Waals surface area contributed by atoms with E-state index in [-0.39, 0.29) is 12.3 Å². The van der Waals surface area contributed by atoms with E-state index < -0.39 is 0 Å². The van der Waals surface area contributed by atoms with Crippen molar-refractivity contribution < 1.29 is 14.3 Å². The van der Waals surface area contributed by atoms with Gasteiger partial charge in [-0.3, -0.25) is 4.90 Å².